The Morgan fingerprint density at radius 2 is 2.07 bits per heavy atom. The molecule has 1 atom stereocenters. The Hall–Kier alpha value is -2.78. The molecule has 1 saturated heterocycles. The minimum Gasteiger partial charge on any atom is -0.493 e. The number of carbonyl (C=O) groups is 1. The summed E-state index contributed by atoms with van der Waals surface area (Å²) in [6, 6.07) is 14.0. The van der Waals surface area contributed by atoms with Crippen molar-refractivity contribution in [3.63, 3.8) is 0 Å². The number of terminal acetylenes is 1. The molecule has 0 aromatic heterocycles. The van der Waals surface area contributed by atoms with E-state index in [0.29, 0.717) is 18.0 Å². The molecule has 5 nitrogen and oxygen atoms in total. The average Bonchev–Trinajstić information content (AvgIpc) is 2.76. The zero-order valence-corrected chi connectivity index (χ0v) is 17.6. The van der Waals surface area contributed by atoms with Crippen LogP contribution in [0, 0.1) is 19.3 Å². The second kappa shape index (κ2) is 10.1. The van der Waals surface area contributed by atoms with E-state index in [4.69, 9.17) is 15.9 Å². The molecule has 2 aromatic rings. The largest absolute Gasteiger partial charge is 0.493 e. The number of ether oxygens (including phenoxy) is 2. The van der Waals surface area contributed by atoms with Crippen LogP contribution in [0.3, 0.4) is 0 Å². The van der Waals surface area contributed by atoms with Gasteiger partial charge in [0, 0.05) is 24.6 Å². The summed E-state index contributed by atoms with van der Waals surface area (Å²) in [5, 5.41) is 3.04. The topological polar surface area (TPSA) is 50.8 Å². The highest BCUT2D eigenvalue weighted by atomic mass is 32.2. The first-order valence-electron chi connectivity index (χ1n) is 9.54. The van der Waals surface area contributed by atoms with Gasteiger partial charge in [-0.05, 0) is 30.2 Å². The Bertz CT molecular complexity index is 877. The van der Waals surface area contributed by atoms with Gasteiger partial charge in [-0.15, -0.1) is 6.42 Å². The van der Waals surface area contributed by atoms with E-state index in [-0.39, 0.29) is 18.7 Å². The van der Waals surface area contributed by atoms with Crippen molar-refractivity contribution in [3.05, 3.63) is 59.2 Å². The highest BCUT2D eigenvalue weighted by molar-refractivity contribution is 7.99. The monoisotopic (exact) mass is 410 g/mol. The lowest BCUT2D eigenvalue weighted by Crippen LogP contribution is -2.46. The van der Waals surface area contributed by atoms with Crippen molar-refractivity contribution >= 4 is 17.8 Å². The van der Waals surface area contributed by atoms with Gasteiger partial charge in [0.15, 0.2) is 11.5 Å². The summed E-state index contributed by atoms with van der Waals surface area (Å²) in [6.07, 6.45) is 5.28. The van der Waals surface area contributed by atoms with E-state index in [1.54, 1.807) is 7.11 Å². The van der Waals surface area contributed by atoms with Crippen LogP contribution in [0.5, 0.6) is 11.5 Å². The minimum atomic E-state index is -0.0576. The van der Waals surface area contributed by atoms with E-state index in [9.17, 15) is 4.79 Å². The van der Waals surface area contributed by atoms with E-state index in [1.165, 1.54) is 11.1 Å². The molecule has 1 aliphatic heterocycles. The maximum absolute atomic E-state index is 12.9. The average molecular weight is 411 g/mol. The van der Waals surface area contributed by atoms with E-state index in [0.717, 1.165) is 23.6 Å². The van der Waals surface area contributed by atoms with Crippen LogP contribution in [0.4, 0.5) is 4.79 Å². The van der Waals surface area contributed by atoms with Crippen molar-refractivity contribution in [1.82, 2.24) is 10.2 Å². The molecule has 1 unspecified atom stereocenters. The van der Waals surface area contributed by atoms with Gasteiger partial charge in [0.05, 0.1) is 13.2 Å². The predicted octanol–water partition coefficient (Wildman–Crippen LogP) is 4.02. The number of urea groups is 1. The number of methoxy groups -OCH3 is 1. The molecule has 1 N–H and O–H groups in total. The quantitative estimate of drug-likeness (QED) is 0.731. The van der Waals surface area contributed by atoms with Gasteiger partial charge in [0.2, 0.25) is 0 Å². The number of carbonyl (C=O) groups excluding carboxylic acids is 1. The fraction of sp³-hybridized carbons (Fsp3) is 0.348. The van der Waals surface area contributed by atoms with E-state index < -0.39 is 0 Å². The first-order valence-corrected chi connectivity index (χ1v) is 10.7. The van der Waals surface area contributed by atoms with Crippen molar-refractivity contribution in [2.75, 3.05) is 31.8 Å². The number of hydrogen-bond acceptors (Lipinski definition) is 4. The van der Waals surface area contributed by atoms with Gasteiger partial charge < -0.3 is 19.7 Å². The normalized spacial score (nSPS) is 16.0. The van der Waals surface area contributed by atoms with Crippen LogP contribution < -0.4 is 14.8 Å². The van der Waals surface area contributed by atoms with Crippen LogP contribution in [-0.2, 0) is 6.54 Å². The molecule has 0 bridgehead atoms. The maximum atomic E-state index is 12.9. The van der Waals surface area contributed by atoms with Crippen LogP contribution in [-0.4, -0.2) is 42.7 Å². The summed E-state index contributed by atoms with van der Waals surface area (Å²) in [6.45, 7) is 3.36. The molecular weight excluding hydrogens is 384 g/mol. The Morgan fingerprint density at radius 1 is 1.28 bits per heavy atom. The van der Waals surface area contributed by atoms with Gasteiger partial charge in [-0.2, -0.15) is 11.8 Å². The van der Waals surface area contributed by atoms with Crippen molar-refractivity contribution in [2.24, 2.45) is 0 Å². The van der Waals surface area contributed by atoms with Gasteiger partial charge in [-0.1, -0.05) is 41.8 Å². The van der Waals surface area contributed by atoms with Crippen molar-refractivity contribution in [1.29, 1.82) is 0 Å². The molecule has 3 rings (SSSR count). The van der Waals surface area contributed by atoms with Gasteiger partial charge in [0.25, 0.3) is 0 Å². The lowest BCUT2D eigenvalue weighted by molar-refractivity contribution is 0.182. The first-order chi connectivity index (χ1) is 14.1. The third kappa shape index (κ3) is 5.39. The molecule has 1 aliphatic rings. The van der Waals surface area contributed by atoms with Gasteiger partial charge in [0.1, 0.15) is 6.61 Å². The van der Waals surface area contributed by atoms with Crippen LogP contribution in [0.25, 0.3) is 0 Å². The summed E-state index contributed by atoms with van der Waals surface area (Å²) in [4.78, 5) is 14.9. The fourth-order valence-corrected chi connectivity index (χ4v) is 4.34. The van der Waals surface area contributed by atoms with Crippen LogP contribution in [0.15, 0.2) is 42.5 Å². The fourth-order valence-electron chi connectivity index (χ4n) is 3.25. The molecule has 2 aromatic carbocycles. The van der Waals surface area contributed by atoms with E-state index in [1.807, 2.05) is 34.9 Å². The third-order valence-electron chi connectivity index (χ3n) is 4.83. The van der Waals surface area contributed by atoms with Gasteiger partial charge in [-0.3, -0.25) is 0 Å². The summed E-state index contributed by atoms with van der Waals surface area (Å²) in [5.74, 6) is 5.49. The molecule has 2 amide bonds. The summed E-state index contributed by atoms with van der Waals surface area (Å²) in [5.41, 5.74) is 3.31. The number of nitrogens with zero attached hydrogens (tertiary/aromatic N) is 1. The number of rotatable bonds is 6. The van der Waals surface area contributed by atoms with Crippen molar-refractivity contribution < 1.29 is 14.3 Å². The molecule has 0 saturated carbocycles. The molecular formula is C23H26N2O3S. The van der Waals surface area contributed by atoms with E-state index in [2.05, 4.69) is 42.4 Å². The predicted molar refractivity (Wildman–Crippen MR) is 118 cm³/mol. The molecule has 29 heavy (non-hydrogen) atoms. The molecule has 1 heterocycles. The molecule has 1 fully saturated rings. The maximum Gasteiger partial charge on any atom is 0.318 e. The Kier molecular flexibility index (Phi) is 7.31. The summed E-state index contributed by atoms with van der Waals surface area (Å²) in [7, 11) is 1.58. The third-order valence-corrected chi connectivity index (χ3v) is 5.86. The van der Waals surface area contributed by atoms with Crippen LogP contribution >= 0.6 is 11.8 Å². The zero-order chi connectivity index (χ0) is 20.6. The number of hydrogen-bond donors (Lipinski definition) is 1. The van der Waals surface area contributed by atoms with Crippen LogP contribution in [0.1, 0.15) is 22.7 Å². The number of thioether (sulfide) groups is 1. The lowest BCUT2D eigenvalue weighted by Gasteiger charge is -2.35. The summed E-state index contributed by atoms with van der Waals surface area (Å²) < 4.78 is 10.8. The van der Waals surface area contributed by atoms with E-state index >= 15 is 0 Å². The second-order valence-electron chi connectivity index (χ2n) is 6.83. The number of benzene rings is 2. The molecule has 6 heteroatoms. The second-order valence-corrected chi connectivity index (χ2v) is 7.98. The highest BCUT2D eigenvalue weighted by Gasteiger charge is 2.28. The van der Waals surface area contributed by atoms with Gasteiger partial charge in [-0.25, -0.2) is 4.79 Å². The number of amides is 2. The molecule has 0 radical (unpaired) electrons. The van der Waals surface area contributed by atoms with Gasteiger partial charge >= 0.3 is 6.03 Å². The standard InChI is InChI=1S/C23H26N2O3S/c1-4-12-28-22-14-18(7-10-21(22)27-3)15-24-23(26)25-11-13-29-16-20(25)19-8-5-17(2)6-9-19/h1,5-10,14,20H,11-13,15-16H2,2-3H3,(H,24,26). The number of aryl methyl sites for hydroxylation is 1. The summed E-state index contributed by atoms with van der Waals surface area (Å²) >= 11 is 1.88. The smallest absolute Gasteiger partial charge is 0.318 e. The zero-order valence-electron chi connectivity index (χ0n) is 16.8. The minimum absolute atomic E-state index is 0.0576. The Balaban J connectivity index is 1.67. The molecule has 0 aliphatic carbocycles. The lowest BCUT2D eigenvalue weighted by atomic mass is 10.1. The Labute approximate surface area is 176 Å². The Morgan fingerprint density at radius 3 is 2.79 bits per heavy atom. The highest BCUT2D eigenvalue weighted by Crippen LogP contribution is 2.30. The molecule has 0 spiro atoms. The first kappa shape index (κ1) is 20.9. The molecule has 152 valence electrons. The van der Waals surface area contributed by atoms with Crippen molar-refractivity contribution in [3.8, 4) is 23.8 Å². The SMILES string of the molecule is C#CCOc1cc(CNC(=O)N2CCSCC2c2ccc(C)cc2)ccc1OC. The number of nitrogens with one attached hydrogen (secondary N) is 1. The van der Waals surface area contributed by atoms with Crippen molar-refractivity contribution in [2.45, 2.75) is 19.5 Å². The van der Waals surface area contributed by atoms with Crippen LogP contribution in [0.2, 0.25) is 0 Å².